The zero-order chi connectivity index (χ0) is 9.56. The van der Waals surface area contributed by atoms with E-state index in [4.69, 9.17) is 0 Å². The van der Waals surface area contributed by atoms with Gasteiger partial charge >= 0.3 is 0 Å². The fraction of sp³-hybridized carbons (Fsp3) is 0.500. The summed E-state index contributed by atoms with van der Waals surface area (Å²) in [6.45, 7) is 3.39. The van der Waals surface area contributed by atoms with Gasteiger partial charge in [-0.25, -0.2) is 0 Å². The van der Waals surface area contributed by atoms with E-state index in [2.05, 4.69) is 6.58 Å². The molecule has 4 heteroatoms. The van der Waals surface area contributed by atoms with Crippen LogP contribution in [-0.4, -0.2) is 11.9 Å². The van der Waals surface area contributed by atoms with Crippen molar-refractivity contribution in [3.63, 3.8) is 0 Å². The molecular formula is C8H10O4-2. The number of carbonyl (C=O) groups excluding carboxylic acids is 2. The predicted molar refractivity (Wildman–Crippen MR) is 37.6 cm³/mol. The first-order chi connectivity index (χ1) is 5.56. The summed E-state index contributed by atoms with van der Waals surface area (Å²) in [4.78, 5) is 20.1. The summed E-state index contributed by atoms with van der Waals surface area (Å²) in [5.41, 5.74) is 0. The van der Waals surface area contributed by atoms with E-state index in [0.717, 1.165) is 0 Å². The molecule has 0 amide bonds. The van der Waals surface area contributed by atoms with Gasteiger partial charge in [-0.15, -0.1) is 6.58 Å². The van der Waals surface area contributed by atoms with Gasteiger partial charge in [-0.1, -0.05) is 6.08 Å². The molecule has 12 heavy (non-hydrogen) atoms. The molecule has 0 aromatic heterocycles. The van der Waals surface area contributed by atoms with E-state index in [9.17, 15) is 19.8 Å². The summed E-state index contributed by atoms with van der Waals surface area (Å²) in [6.07, 6.45) is 1.32. The first-order valence-corrected chi connectivity index (χ1v) is 3.58. The molecule has 0 spiro atoms. The Morgan fingerprint density at radius 3 is 2.25 bits per heavy atom. The van der Waals surface area contributed by atoms with E-state index in [1.807, 2.05) is 0 Å². The molecule has 0 aromatic carbocycles. The summed E-state index contributed by atoms with van der Waals surface area (Å²) < 4.78 is 0. The van der Waals surface area contributed by atoms with Crippen LogP contribution in [0.25, 0.3) is 0 Å². The molecule has 1 atom stereocenters. The Bertz CT molecular complexity index is 185. The highest BCUT2D eigenvalue weighted by Gasteiger charge is 2.03. The lowest BCUT2D eigenvalue weighted by molar-refractivity contribution is -0.309. The zero-order valence-corrected chi connectivity index (χ0v) is 6.62. The van der Waals surface area contributed by atoms with Crippen molar-refractivity contribution < 1.29 is 19.8 Å². The van der Waals surface area contributed by atoms with Crippen LogP contribution in [0, 0.1) is 5.92 Å². The average molecular weight is 170 g/mol. The second-order valence-electron chi connectivity index (χ2n) is 2.48. The number of carboxylic acids is 2. The molecule has 4 nitrogen and oxygen atoms in total. The van der Waals surface area contributed by atoms with E-state index >= 15 is 0 Å². The van der Waals surface area contributed by atoms with E-state index in [-0.39, 0.29) is 25.2 Å². The maximum absolute atomic E-state index is 10.1. The van der Waals surface area contributed by atoms with Crippen LogP contribution >= 0.6 is 0 Å². The van der Waals surface area contributed by atoms with Gasteiger partial charge in [-0.3, -0.25) is 0 Å². The molecule has 0 saturated carbocycles. The third-order valence-corrected chi connectivity index (χ3v) is 1.48. The smallest absolute Gasteiger partial charge is 0.0420 e. The normalized spacial score (nSPS) is 12.0. The number of allylic oxidation sites excluding steroid dienone is 1. The highest BCUT2D eigenvalue weighted by molar-refractivity contribution is 5.66. The highest BCUT2D eigenvalue weighted by atomic mass is 16.4. The van der Waals surface area contributed by atoms with Crippen LogP contribution in [-0.2, 0) is 9.59 Å². The number of carboxylic acid groups (broad SMARTS) is 2. The largest absolute Gasteiger partial charge is 0.550 e. The SMILES string of the molecule is C=CC(CCC(=O)[O-])CC(=O)[O-]. The molecule has 68 valence electrons. The van der Waals surface area contributed by atoms with Crippen molar-refractivity contribution in [3.05, 3.63) is 12.7 Å². The summed E-state index contributed by atoms with van der Waals surface area (Å²) in [6, 6.07) is 0. The fourth-order valence-corrected chi connectivity index (χ4v) is 0.821. The van der Waals surface area contributed by atoms with E-state index in [0.29, 0.717) is 0 Å². The first-order valence-electron chi connectivity index (χ1n) is 3.58. The van der Waals surface area contributed by atoms with Crippen LogP contribution in [0.4, 0.5) is 0 Å². The quantitative estimate of drug-likeness (QED) is 0.452. The van der Waals surface area contributed by atoms with Gasteiger partial charge in [0.25, 0.3) is 0 Å². The van der Waals surface area contributed by atoms with Crippen LogP contribution in [0.15, 0.2) is 12.7 Å². The van der Waals surface area contributed by atoms with E-state index in [1.54, 1.807) is 0 Å². The Hall–Kier alpha value is -1.32. The predicted octanol–water partition coefficient (Wildman–Crippen LogP) is -1.54. The van der Waals surface area contributed by atoms with Crippen molar-refractivity contribution in [1.82, 2.24) is 0 Å². The lowest BCUT2D eigenvalue weighted by atomic mass is 10.00. The zero-order valence-electron chi connectivity index (χ0n) is 6.62. The first kappa shape index (κ1) is 10.7. The topological polar surface area (TPSA) is 80.3 Å². The molecule has 0 radical (unpaired) electrons. The maximum Gasteiger partial charge on any atom is 0.0420 e. The molecule has 0 N–H and O–H groups in total. The summed E-state index contributed by atoms with van der Waals surface area (Å²) >= 11 is 0. The minimum Gasteiger partial charge on any atom is -0.550 e. The maximum atomic E-state index is 10.1. The van der Waals surface area contributed by atoms with Crippen LogP contribution in [0.3, 0.4) is 0 Å². The lowest BCUT2D eigenvalue weighted by Crippen LogP contribution is -2.26. The van der Waals surface area contributed by atoms with Gasteiger partial charge in [0, 0.05) is 11.9 Å². The molecule has 0 saturated heterocycles. The van der Waals surface area contributed by atoms with Gasteiger partial charge in [0.15, 0.2) is 0 Å². The van der Waals surface area contributed by atoms with Gasteiger partial charge in [-0.2, -0.15) is 0 Å². The van der Waals surface area contributed by atoms with Crippen molar-refractivity contribution in [1.29, 1.82) is 0 Å². The fourth-order valence-electron chi connectivity index (χ4n) is 0.821. The minimum atomic E-state index is -1.20. The summed E-state index contributed by atoms with van der Waals surface area (Å²) in [5.74, 6) is -2.72. The van der Waals surface area contributed by atoms with Crippen LogP contribution in [0.5, 0.6) is 0 Å². The summed E-state index contributed by atoms with van der Waals surface area (Å²) in [7, 11) is 0. The van der Waals surface area contributed by atoms with Gasteiger partial charge in [-0.05, 0) is 25.2 Å². The molecule has 0 bridgehead atoms. The highest BCUT2D eigenvalue weighted by Crippen LogP contribution is 2.10. The van der Waals surface area contributed by atoms with Gasteiger partial charge in [0.2, 0.25) is 0 Å². The monoisotopic (exact) mass is 170 g/mol. The molecule has 0 fully saturated rings. The summed E-state index contributed by atoms with van der Waals surface area (Å²) in [5, 5.41) is 20.1. The lowest BCUT2D eigenvalue weighted by Gasteiger charge is -2.12. The molecule has 0 aliphatic heterocycles. The van der Waals surface area contributed by atoms with E-state index < -0.39 is 11.9 Å². The van der Waals surface area contributed by atoms with Crippen LogP contribution < -0.4 is 10.2 Å². The van der Waals surface area contributed by atoms with Crippen molar-refractivity contribution in [3.8, 4) is 0 Å². The van der Waals surface area contributed by atoms with Crippen molar-refractivity contribution in [2.45, 2.75) is 19.3 Å². The Kier molecular flexibility index (Phi) is 4.76. The third kappa shape index (κ3) is 5.46. The minimum absolute atomic E-state index is 0.149. The number of carbonyl (C=O) groups is 2. The second-order valence-corrected chi connectivity index (χ2v) is 2.48. The van der Waals surface area contributed by atoms with Crippen LogP contribution in [0.1, 0.15) is 19.3 Å². The standard InChI is InChI=1S/C8H12O4/c1-2-6(5-8(11)12)3-4-7(9)10/h2,6H,1,3-5H2,(H,9,10)(H,11,12)/p-2. The molecule has 1 unspecified atom stereocenters. The average Bonchev–Trinajstić information content (AvgIpc) is 1.97. The Labute approximate surface area is 70.5 Å². The Balaban J connectivity index is 3.75. The van der Waals surface area contributed by atoms with Gasteiger partial charge in [0.05, 0.1) is 0 Å². The van der Waals surface area contributed by atoms with Crippen LogP contribution in [0.2, 0.25) is 0 Å². The van der Waals surface area contributed by atoms with Gasteiger partial charge in [0.1, 0.15) is 0 Å². The number of aliphatic carboxylic acids is 2. The number of rotatable bonds is 6. The van der Waals surface area contributed by atoms with Crippen molar-refractivity contribution in [2.24, 2.45) is 5.92 Å². The number of hydrogen-bond acceptors (Lipinski definition) is 4. The number of hydrogen-bond donors (Lipinski definition) is 0. The molecule has 0 aliphatic carbocycles. The molecule has 0 aromatic rings. The molecule has 0 aliphatic rings. The van der Waals surface area contributed by atoms with E-state index in [1.165, 1.54) is 6.08 Å². The molecule has 0 rings (SSSR count). The molecule has 0 heterocycles. The van der Waals surface area contributed by atoms with Gasteiger partial charge < -0.3 is 19.8 Å². The Morgan fingerprint density at radius 2 is 1.92 bits per heavy atom. The Morgan fingerprint density at radius 1 is 1.33 bits per heavy atom. The van der Waals surface area contributed by atoms with Crippen molar-refractivity contribution in [2.75, 3.05) is 0 Å². The molecular weight excluding hydrogens is 160 g/mol. The second kappa shape index (κ2) is 5.35. The van der Waals surface area contributed by atoms with Crippen molar-refractivity contribution >= 4 is 11.9 Å². The third-order valence-electron chi connectivity index (χ3n) is 1.48.